The Morgan fingerprint density at radius 2 is 1.75 bits per heavy atom. The molecule has 5 nitrogen and oxygen atoms in total. The van der Waals surface area contributed by atoms with Crippen molar-refractivity contribution in [3.05, 3.63) is 60.2 Å². The highest BCUT2D eigenvalue weighted by atomic mass is 16.3. The second-order valence-corrected chi connectivity index (χ2v) is 5.61. The zero-order valence-electron chi connectivity index (χ0n) is 13.6. The van der Waals surface area contributed by atoms with E-state index in [1.807, 2.05) is 30.3 Å². The van der Waals surface area contributed by atoms with Crippen molar-refractivity contribution in [1.82, 2.24) is 0 Å². The first-order chi connectivity index (χ1) is 11.5. The molecule has 0 spiro atoms. The SMILES string of the molecule is CC(C)C(=O)Nc1cc(NC(=O)/C=C/c2ccccc2)ccc1O. The van der Waals surface area contributed by atoms with Crippen LogP contribution in [0.15, 0.2) is 54.6 Å². The number of nitrogens with one attached hydrogen (secondary N) is 2. The maximum Gasteiger partial charge on any atom is 0.248 e. The zero-order chi connectivity index (χ0) is 17.5. The maximum absolute atomic E-state index is 12.0. The number of phenols is 1. The molecule has 2 rings (SSSR count). The standard InChI is InChI=1S/C19H20N2O3/c1-13(2)19(24)21-16-12-15(9-10-17(16)22)20-18(23)11-8-14-6-4-3-5-7-14/h3-13,22H,1-2H3,(H,20,23)(H,21,24)/b11-8+. The van der Waals surface area contributed by atoms with Crippen LogP contribution in [0.4, 0.5) is 11.4 Å². The van der Waals surface area contributed by atoms with Gasteiger partial charge in [0.15, 0.2) is 0 Å². The molecule has 0 fully saturated rings. The monoisotopic (exact) mass is 324 g/mol. The summed E-state index contributed by atoms with van der Waals surface area (Å²) in [5.74, 6) is -0.776. The summed E-state index contributed by atoms with van der Waals surface area (Å²) in [7, 11) is 0. The number of phenolic OH excluding ortho intramolecular Hbond substituents is 1. The van der Waals surface area contributed by atoms with Crippen molar-refractivity contribution in [2.24, 2.45) is 5.92 Å². The second kappa shape index (κ2) is 7.97. The quantitative estimate of drug-likeness (QED) is 0.446. The molecule has 0 unspecified atom stereocenters. The summed E-state index contributed by atoms with van der Waals surface area (Å²) in [5, 5.41) is 15.1. The number of carbonyl (C=O) groups excluding carboxylic acids is 2. The molecule has 0 aliphatic heterocycles. The van der Waals surface area contributed by atoms with Crippen LogP contribution in [-0.4, -0.2) is 16.9 Å². The second-order valence-electron chi connectivity index (χ2n) is 5.61. The van der Waals surface area contributed by atoms with E-state index in [0.717, 1.165) is 5.56 Å². The van der Waals surface area contributed by atoms with Gasteiger partial charge in [0.25, 0.3) is 0 Å². The summed E-state index contributed by atoms with van der Waals surface area (Å²) >= 11 is 0. The minimum Gasteiger partial charge on any atom is -0.506 e. The third-order valence-electron chi connectivity index (χ3n) is 3.27. The Morgan fingerprint density at radius 3 is 2.42 bits per heavy atom. The van der Waals surface area contributed by atoms with E-state index >= 15 is 0 Å². The number of hydrogen-bond acceptors (Lipinski definition) is 3. The van der Waals surface area contributed by atoms with Crippen molar-refractivity contribution in [3.63, 3.8) is 0 Å². The van der Waals surface area contributed by atoms with E-state index in [1.54, 1.807) is 26.0 Å². The molecule has 2 aromatic carbocycles. The summed E-state index contributed by atoms with van der Waals surface area (Å²) in [5.41, 5.74) is 1.66. The van der Waals surface area contributed by atoms with E-state index < -0.39 is 0 Å². The molecular formula is C19H20N2O3. The average Bonchev–Trinajstić information content (AvgIpc) is 2.57. The lowest BCUT2D eigenvalue weighted by molar-refractivity contribution is -0.119. The van der Waals surface area contributed by atoms with Gasteiger partial charge in [0.2, 0.25) is 11.8 Å². The molecule has 0 heterocycles. The third-order valence-corrected chi connectivity index (χ3v) is 3.27. The fourth-order valence-corrected chi connectivity index (χ4v) is 1.91. The van der Waals surface area contributed by atoms with Gasteiger partial charge < -0.3 is 15.7 Å². The van der Waals surface area contributed by atoms with Crippen LogP contribution in [0.2, 0.25) is 0 Å². The highest BCUT2D eigenvalue weighted by molar-refractivity contribution is 6.02. The van der Waals surface area contributed by atoms with Gasteiger partial charge in [0.05, 0.1) is 5.69 Å². The predicted octanol–water partition coefficient (Wildman–Crippen LogP) is 3.64. The Bertz CT molecular complexity index is 752. The van der Waals surface area contributed by atoms with E-state index in [2.05, 4.69) is 10.6 Å². The van der Waals surface area contributed by atoms with Crippen LogP contribution in [0.3, 0.4) is 0 Å². The number of hydrogen-bond donors (Lipinski definition) is 3. The topological polar surface area (TPSA) is 78.4 Å². The Kier molecular flexibility index (Phi) is 5.73. The van der Waals surface area contributed by atoms with Gasteiger partial charge in [-0.2, -0.15) is 0 Å². The molecule has 0 saturated heterocycles. The normalized spacial score (nSPS) is 10.8. The van der Waals surface area contributed by atoms with Gasteiger partial charge in [-0.3, -0.25) is 9.59 Å². The average molecular weight is 324 g/mol. The van der Waals surface area contributed by atoms with E-state index in [4.69, 9.17) is 0 Å². The van der Waals surface area contributed by atoms with E-state index in [-0.39, 0.29) is 29.2 Å². The number of amides is 2. The third kappa shape index (κ3) is 4.98. The molecule has 0 bridgehead atoms. The van der Waals surface area contributed by atoms with E-state index in [9.17, 15) is 14.7 Å². The van der Waals surface area contributed by atoms with Crippen molar-refractivity contribution < 1.29 is 14.7 Å². The summed E-state index contributed by atoms with van der Waals surface area (Å²) in [6.07, 6.45) is 3.13. The zero-order valence-corrected chi connectivity index (χ0v) is 13.6. The lowest BCUT2D eigenvalue weighted by Gasteiger charge is -2.11. The van der Waals surface area contributed by atoms with Crippen LogP contribution in [0.25, 0.3) is 6.08 Å². The predicted molar refractivity (Wildman–Crippen MR) is 95.7 cm³/mol. The summed E-state index contributed by atoms with van der Waals surface area (Å²) in [6.45, 7) is 3.51. The van der Waals surface area contributed by atoms with Gasteiger partial charge in [0.1, 0.15) is 5.75 Å². The number of benzene rings is 2. The van der Waals surface area contributed by atoms with Crippen molar-refractivity contribution in [3.8, 4) is 5.75 Å². The fraction of sp³-hybridized carbons (Fsp3) is 0.158. The highest BCUT2D eigenvalue weighted by Crippen LogP contribution is 2.27. The number of aromatic hydroxyl groups is 1. The van der Waals surface area contributed by atoms with Crippen LogP contribution in [-0.2, 0) is 9.59 Å². The molecular weight excluding hydrogens is 304 g/mol. The van der Waals surface area contributed by atoms with Gasteiger partial charge in [-0.05, 0) is 29.8 Å². The van der Waals surface area contributed by atoms with Crippen molar-refractivity contribution >= 4 is 29.3 Å². The van der Waals surface area contributed by atoms with E-state index in [1.165, 1.54) is 18.2 Å². The Labute approximate surface area is 141 Å². The molecule has 0 radical (unpaired) electrons. The molecule has 3 N–H and O–H groups in total. The molecule has 2 amide bonds. The molecule has 0 atom stereocenters. The van der Waals surface area contributed by atoms with Gasteiger partial charge in [-0.25, -0.2) is 0 Å². The molecule has 2 aromatic rings. The van der Waals surface area contributed by atoms with Gasteiger partial charge >= 0.3 is 0 Å². The highest BCUT2D eigenvalue weighted by Gasteiger charge is 2.11. The minimum atomic E-state index is -0.300. The maximum atomic E-state index is 12.0. The van der Waals surface area contributed by atoms with E-state index in [0.29, 0.717) is 5.69 Å². The number of anilines is 2. The molecule has 0 aromatic heterocycles. The fourth-order valence-electron chi connectivity index (χ4n) is 1.91. The minimum absolute atomic E-state index is 0.0539. The Balaban J connectivity index is 2.05. The van der Waals surface area contributed by atoms with Crippen LogP contribution in [0, 0.1) is 5.92 Å². The lowest BCUT2D eigenvalue weighted by atomic mass is 10.2. The summed E-state index contributed by atoms with van der Waals surface area (Å²) in [6, 6.07) is 14.0. The van der Waals surface area contributed by atoms with Crippen LogP contribution < -0.4 is 10.6 Å². The first-order valence-corrected chi connectivity index (χ1v) is 7.63. The van der Waals surface area contributed by atoms with Crippen LogP contribution in [0.5, 0.6) is 5.75 Å². The Hall–Kier alpha value is -3.08. The van der Waals surface area contributed by atoms with Gasteiger partial charge in [-0.15, -0.1) is 0 Å². The molecule has 0 saturated carbocycles. The summed E-state index contributed by atoms with van der Waals surface area (Å²) in [4.78, 5) is 23.7. The lowest BCUT2D eigenvalue weighted by Crippen LogP contribution is -2.18. The molecule has 124 valence electrons. The van der Waals surface area contributed by atoms with Gasteiger partial charge in [0, 0.05) is 17.7 Å². The number of rotatable bonds is 5. The Morgan fingerprint density at radius 1 is 1.04 bits per heavy atom. The molecule has 5 heteroatoms. The van der Waals surface area contributed by atoms with Crippen molar-refractivity contribution in [2.45, 2.75) is 13.8 Å². The van der Waals surface area contributed by atoms with Crippen LogP contribution in [0.1, 0.15) is 19.4 Å². The first kappa shape index (κ1) is 17.3. The molecule has 0 aliphatic rings. The summed E-state index contributed by atoms with van der Waals surface area (Å²) < 4.78 is 0. The first-order valence-electron chi connectivity index (χ1n) is 7.63. The van der Waals surface area contributed by atoms with Crippen molar-refractivity contribution in [1.29, 1.82) is 0 Å². The molecule has 0 aliphatic carbocycles. The van der Waals surface area contributed by atoms with Crippen LogP contribution >= 0.6 is 0 Å². The van der Waals surface area contributed by atoms with Crippen molar-refractivity contribution in [2.75, 3.05) is 10.6 Å². The van der Waals surface area contributed by atoms with Gasteiger partial charge in [-0.1, -0.05) is 44.2 Å². The molecule has 24 heavy (non-hydrogen) atoms. The number of carbonyl (C=O) groups is 2. The smallest absolute Gasteiger partial charge is 0.248 e. The largest absolute Gasteiger partial charge is 0.506 e.